The van der Waals surface area contributed by atoms with Crippen molar-refractivity contribution in [1.82, 2.24) is 0 Å². The predicted octanol–water partition coefficient (Wildman–Crippen LogP) is 4.52. The molecule has 0 fully saturated rings. The van der Waals surface area contributed by atoms with Gasteiger partial charge in [0, 0.05) is 21.4 Å². The summed E-state index contributed by atoms with van der Waals surface area (Å²) in [5, 5.41) is 2.99. The Hall–Kier alpha value is -1.81. The fraction of sp³-hybridized carbons (Fsp3) is 0.235. The Kier molecular flexibility index (Phi) is 4.37. The van der Waals surface area contributed by atoms with Crippen LogP contribution >= 0.6 is 15.9 Å². The minimum atomic E-state index is -0.132. The van der Waals surface area contributed by atoms with Gasteiger partial charge in [-0.1, -0.05) is 22.0 Å². The van der Waals surface area contributed by atoms with Crippen molar-refractivity contribution in [3.63, 3.8) is 0 Å². The number of amides is 1. The zero-order valence-electron chi connectivity index (χ0n) is 12.7. The second-order valence-electron chi connectivity index (χ2n) is 5.39. The van der Waals surface area contributed by atoms with E-state index in [0.717, 1.165) is 32.4 Å². The number of anilines is 2. The second-order valence-corrected chi connectivity index (χ2v) is 6.31. The summed E-state index contributed by atoms with van der Waals surface area (Å²) >= 11 is 3.46. The van der Waals surface area contributed by atoms with Gasteiger partial charge in [-0.25, -0.2) is 0 Å². The highest BCUT2D eigenvalue weighted by atomic mass is 79.9. The first-order valence-electron chi connectivity index (χ1n) is 6.74. The lowest BCUT2D eigenvalue weighted by molar-refractivity contribution is 0.102. The van der Waals surface area contributed by atoms with E-state index in [2.05, 4.69) is 21.2 Å². The van der Waals surface area contributed by atoms with Crippen molar-refractivity contribution < 1.29 is 4.79 Å². The van der Waals surface area contributed by atoms with Crippen molar-refractivity contribution in [1.29, 1.82) is 0 Å². The van der Waals surface area contributed by atoms with Crippen LogP contribution in [0.4, 0.5) is 11.4 Å². The molecule has 2 aromatic carbocycles. The van der Waals surface area contributed by atoms with E-state index in [1.165, 1.54) is 0 Å². The molecule has 0 bridgehead atoms. The molecular formula is C17H19BrN2O. The van der Waals surface area contributed by atoms with Crippen LogP contribution in [0.25, 0.3) is 0 Å². The van der Waals surface area contributed by atoms with E-state index in [9.17, 15) is 4.79 Å². The number of carbonyl (C=O) groups is 1. The number of aryl methyl sites for hydroxylation is 4. The Morgan fingerprint density at radius 2 is 1.52 bits per heavy atom. The number of rotatable bonds is 2. The minimum absolute atomic E-state index is 0.132. The first-order valence-corrected chi connectivity index (χ1v) is 7.53. The third-order valence-electron chi connectivity index (χ3n) is 3.59. The van der Waals surface area contributed by atoms with Gasteiger partial charge >= 0.3 is 0 Å². The van der Waals surface area contributed by atoms with Crippen molar-refractivity contribution in [3.8, 4) is 0 Å². The zero-order chi connectivity index (χ0) is 15.7. The molecule has 2 rings (SSSR count). The SMILES string of the molecule is Cc1cc(C)c(C(=O)Nc2c(C)cc(Br)cc2C)cc1N. The van der Waals surface area contributed by atoms with E-state index < -0.39 is 0 Å². The summed E-state index contributed by atoms with van der Waals surface area (Å²) in [6.07, 6.45) is 0. The Morgan fingerprint density at radius 3 is 2.10 bits per heavy atom. The maximum atomic E-state index is 12.5. The molecule has 21 heavy (non-hydrogen) atoms. The van der Waals surface area contributed by atoms with Gasteiger partial charge in [-0.05, 0) is 68.1 Å². The number of nitrogens with two attached hydrogens (primary N) is 1. The standard InChI is InChI=1S/C17H19BrN2O/c1-9-5-10(2)15(19)8-14(9)17(21)20-16-11(3)6-13(18)7-12(16)4/h5-8H,19H2,1-4H3,(H,20,21). The van der Waals surface area contributed by atoms with E-state index in [4.69, 9.17) is 5.73 Å². The van der Waals surface area contributed by atoms with Crippen molar-refractivity contribution in [2.45, 2.75) is 27.7 Å². The second kappa shape index (κ2) is 5.90. The summed E-state index contributed by atoms with van der Waals surface area (Å²) in [6, 6.07) is 7.65. The number of benzene rings is 2. The van der Waals surface area contributed by atoms with Gasteiger partial charge in [0.15, 0.2) is 0 Å². The van der Waals surface area contributed by atoms with Crippen LogP contribution in [0, 0.1) is 27.7 Å². The molecule has 1 amide bonds. The highest BCUT2D eigenvalue weighted by Gasteiger charge is 2.14. The van der Waals surface area contributed by atoms with Crippen LogP contribution < -0.4 is 11.1 Å². The van der Waals surface area contributed by atoms with Gasteiger partial charge in [0.1, 0.15) is 0 Å². The summed E-state index contributed by atoms with van der Waals surface area (Å²) in [5.74, 6) is -0.132. The van der Waals surface area contributed by atoms with Gasteiger partial charge in [0.25, 0.3) is 5.91 Å². The van der Waals surface area contributed by atoms with Crippen LogP contribution in [-0.2, 0) is 0 Å². The molecule has 4 heteroatoms. The topological polar surface area (TPSA) is 55.1 Å². The summed E-state index contributed by atoms with van der Waals surface area (Å²) in [5.41, 5.74) is 12.0. The largest absolute Gasteiger partial charge is 0.398 e. The number of halogens is 1. The van der Waals surface area contributed by atoms with E-state index >= 15 is 0 Å². The Labute approximate surface area is 133 Å². The maximum Gasteiger partial charge on any atom is 0.256 e. The molecule has 0 aliphatic rings. The summed E-state index contributed by atoms with van der Waals surface area (Å²) in [7, 11) is 0. The van der Waals surface area contributed by atoms with E-state index in [-0.39, 0.29) is 5.91 Å². The molecule has 110 valence electrons. The van der Waals surface area contributed by atoms with Gasteiger partial charge in [-0.2, -0.15) is 0 Å². The number of carbonyl (C=O) groups excluding carboxylic acids is 1. The molecule has 0 unspecified atom stereocenters. The fourth-order valence-corrected chi connectivity index (χ4v) is 3.09. The molecule has 0 heterocycles. The van der Waals surface area contributed by atoms with E-state index in [1.807, 2.05) is 45.9 Å². The molecule has 0 saturated carbocycles. The zero-order valence-corrected chi connectivity index (χ0v) is 14.3. The van der Waals surface area contributed by atoms with E-state index in [1.54, 1.807) is 6.07 Å². The third kappa shape index (κ3) is 3.27. The molecule has 3 nitrogen and oxygen atoms in total. The van der Waals surface area contributed by atoms with Crippen LogP contribution in [0.15, 0.2) is 28.7 Å². The fourth-order valence-electron chi connectivity index (χ4n) is 2.40. The van der Waals surface area contributed by atoms with Crippen LogP contribution in [0.2, 0.25) is 0 Å². The summed E-state index contributed by atoms with van der Waals surface area (Å²) < 4.78 is 1.01. The average molecular weight is 347 g/mol. The Bertz CT molecular complexity index is 700. The van der Waals surface area contributed by atoms with Crippen molar-refractivity contribution >= 4 is 33.2 Å². The van der Waals surface area contributed by atoms with E-state index in [0.29, 0.717) is 11.3 Å². The number of hydrogen-bond acceptors (Lipinski definition) is 2. The normalized spacial score (nSPS) is 10.5. The molecule has 0 aliphatic heterocycles. The highest BCUT2D eigenvalue weighted by molar-refractivity contribution is 9.10. The maximum absolute atomic E-state index is 12.5. The quantitative estimate of drug-likeness (QED) is 0.785. The molecule has 0 aliphatic carbocycles. The van der Waals surface area contributed by atoms with Crippen LogP contribution in [-0.4, -0.2) is 5.91 Å². The molecule has 2 aromatic rings. The molecule has 3 N–H and O–H groups in total. The molecule has 0 aromatic heterocycles. The van der Waals surface area contributed by atoms with Gasteiger partial charge in [0.05, 0.1) is 0 Å². The van der Waals surface area contributed by atoms with Gasteiger partial charge < -0.3 is 11.1 Å². The van der Waals surface area contributed by atoms with Crippen molar-refractivity contribution in [2.75, 3.05) is 11.1 Å². The van der Waals surface area contributed by atoms with Crippen molar-refractivity contribution in [3.05, 3.63) is 56.6 Å². The lowest BCUT2D eigenvalue weighted by Crippen LogP contribution is -2.15. The van der Waals surface area contributed by atoms with Crippen LogP contribution in [0.3, 0.4) is 0 Å². The Morgan fingerprint density at radius 1 is 0.952 bits per heavy atom. The number of nitrogens with one attached hydrogen (secondary N) is 1. The molecular weight excluding hydrogens is 328 g/mol. The van der Waals surface area contributed by atoms with Gasteiger partial charge in [-0.3, -0.25) is 4.79 Å². The summed E-state index contributed by atoms with van der Waals surface area (Å²) in [4.78, 5) is 12.5. The average Bonchev–Trinajstić information content (AvgIpc) is 2.37. The Balaban J connectivity index is 2.37. The monoisotopic (exact) mass is 346 g/mol. The smallest absolute Gasteiger partial charge is 0.256 e. The molecule has 0 spiro atoms. The number of nitrogen functional groups attached to an aromatic ring is 1. The summed E-state index contributed by atoms with van der Waals surface area (Å²) in [6.45, 7) is 7.81. The molecule has 0 radical (unpaired) electrons. The van der Waals surface area contributed by atoms with Crippen LogP contribution in [0.5, 0.6) is 0 Å². The highest BCUT2D eigenvalue weighted by Crippen LogP contribution is 2.26. The van der Waals surface area contributed by atoms with Crippen LogP contribution in [0.1, 0.15) is 32.6 Å². The first-order chi connectivity index (χ1) is 9.79. The molecule has 0 atom stereocenters. The number of hydrogen-bond donors (Lipinski definition) is 2. The lowest BCUT2D eigenvalue weighted by atomic mass is 10.0. The molecule has 0 saturated heterocycles. The first kappa shape index (κ1) is 15.6. The van der Waals surface area contributed by atoms with Gasteiger partial charge in [-0.15, -0.1) is 0 Å². The van der Waals surface area contributed by atoms with Crippen molar-refractivity contribution in [2.24, 2.45) is 0 Å². The lowest BCUT2D eigenvalue weighted by Gasteiger charge is -2.14. The third-order valence-corrected chi connectivity index (χ3v) is 4.05. The minimum Gasteiger partial charge on any atom is -0.398 e. The van der Waals surface area contributed by atoms with Gasteiger partial charge in [0.2, 0.25) is 0 Å². The predicted molar refractivity (Wildman–Crippen MR) is 91.9 cm³/mol.